The van der Waals surface area contributed by atoms with Gasteiger partial charge in [0.25, 0.3) is 0 Å². The van der Waals surface area contributed by atoms with Gasteiger partial charge in [-0.2, -0.15) is 0 Å². The highest BCUT2D eigenvalue weighted by molar-refractivity contribution is 4.91. The van der Waals surface area contributed by atoms with Crippen molar-refractivity contribution in [2.24, 2.45) is 17.3 Å². The monoisotopic (exact) mass is 251 g/mol. The van der Waals surface area contributed by atoms with Gasteiger partial charge in [0.2, 0.25) is 0 Å². The molecule has 1 unspecified atom stereocenters. The number of piperidine rings is 1. The van der Waals surface area contributed by atoms with Crippen LogP contribution in [-0.2, 0) is 0 Å². The van der Waals surface area contributed by atoms with Gasteiger partial charge in [-0.25, -0.2) is 0 Å². The van der Waals surface area contributed by atoms with Gasteiger partial charge in [0.15, 0.2) is 0 Å². The first-order valence-corrected chi connectivity index (χ1v) is 8.25. The average molecular weight is 251 g/mol. The molecule has 18 heavy (non-hydrogen) atoms. The van der Waals surface area contributed by atoms with Crippen molar-refractivity contribution in [3.63, 3.8) is 0 Å². The molecule has 1 atom stereocenters. The molecule has 0 radical (unpaired) electrons. The van der Waals surface area contributed by atoms with Gasteiger partial charge in [0, 0.05) is 6.04 Å². The maximum Gasteiger partial charge on any atom is 0.00385 e. The Kier molecular flexibility index (Phi) is 4.75. The number of hydrogen-bond donors (Lipinski definition) is 0. The van der Waals surface area contributed by atoms with Crippen LogP contribution in [0.25, 0.3) is 0 Å². The minimum atomic E-state index is 0.739. The lowest BCUT2D eigenvalue weighted by molar-refractivity contribution is 0.0295. The molecule has 106 valence electrons. The van der Waals surface area contributed by atoms with Gasteiger partial charge in [-0.15, -0.1) is 0 Å². The van der Waals surface area contributed by atoms with Crippen molar-refractivity contribution in [3.8, 4) is 0 Å². The SMILES string of the molecule is CC(C)CC1CCCC2(CCN(C(C)C)CC2)C1. The summed E-state index contributed by atoms with van der Waals surface area (Å²) >= 11 is 0. The van der Waals surface area contributed by atoms with Crippen LogP contribution < -0.4 is 0 Å². The summed E-state index contributed by atoms with van der Waals surface area (Å²) in [6.07, 6.45) is 10.5. The molecule has 2 aliphatic rings. The zero-order chi connectivity index (χ0) is 13.2. The number of hydrogen-bond acceptors (Lipinski definition) is 1. The van der Waals surface area contributed by atoms with Crippen LogP contribution >= 0.6 is 0 Å². The predicted octanol–water partition coefficient (Wildman–Crippen LogP) is 4.71. The smallest absolute Gasteiger partial charge is 0.00385 e. The van der Waals surface area contributed by atoms with E-state index in [-0.39, 0.29) is 0 Å². The topological polar surface area (TPSA) is 3.24 Å². The summed E-state index contributed by atoms with van der Waals surface area (Å²) in [5, 5.41) is 0. The molecule has 1 saturated carbocycles. The van der Waals surface area contributed by atoms with Crippen LogP contribution in [-0.4, -0.2) is 24.0 Å². The first-order chi connectivity index (χ1) is 8.51. The van der Waals surface area contributed by atoms with E-state index in [0.717, 1.165) is 23.3 Å². The summed E-state index contributed by atoms with van der Waals surface area (Å²) in [7, 11) is 0. The Balaban J connectivity index is 1.88. The molecule has 0 bridgehead atoms. The second kappa shape index (κ2) is 5.94. The molecule has 1 heteroatoms. The van der Waals surface area contributed by atoms with Gasteiger partial charge in [0.05, 0.1) is 0 Å². The summed E-state index contributed by atoms with van der Waals surface area (Å²) in [4.78, 5) is 2.68. The fourth-order valence-electron chi connectivity index (χ4n) is 4.42. The minimum absolute atomic E-state index is 0.739. The first-order valence-electron chi connectivity index (χ1n) is 8.25. The van der Waals surface area contributed by atoms with Crippen LogP contribution in [0.5, 0.6) is 0 Å². The Morgan fingerprint density at radius 2 is 1.72 bits per heavy atom. The van der Waals surface area contributed by atoms with E-state index in [4.69, 9.17) is 0 Å². The van der Waals surface area contributed by atoms with E-state index >= 15 is 0 Å². The summed E-state index contributed by atoms with van der Waals surface area (Å²) in [6.45, 7) is 12.2. The lowest BCUT2D eigenvalue weighted by Crippen LogP contribution is -2.45. The van der Waals surface area contributed by atoms with E-state index in [0.29, 0.717) is 0 Å². The van der Waals surface area contributed by atoms with Crippen molar-refractivity contribution < 1.29 is 0 Å². The number of nitrogens with zero attached hydrogens (tertiary/aromatic N) is 1. The quantitative estimate of drug-likeness (QED) is 0.702. The van der Waals surface area contributed by atoms with Crippen molar-refractivity contribution in [2.45, 2.75) is 78.7 Å². The fraction of sp³-hybridized carbons (Fsp3) is 1.00. The van der Waals surface area contributed by atoms with E-state index < -0.39 is 0 Å². The third-order valence-corrected chi connectivity index (χ3v) is 5.43. The summed E-state index contributed by atoms with van der Waals surface area (Å²) in [5.41, 5.74) is 0.739. The molecule has 1 spiro atoms. The molecule has 1 saturated heterocycles. The summed E-state index contributed by atoms with van der Waals surface area (Å²) < 4.78 is 0. The highest BCUT2D eigenvalue weighted by Crippen LogP contribution is 2.48. The van der Waals surface area contributed by atoms with Gasteiger partial charge < -0.3 is 4.90 Å². The molecular weight excluding hydrogens is 218 g/mol. The predicted molar refractivity (Wildman–Crippen MR) is 79.8 cm³/mol. The van der Waals surface area contributed by atoms with Gasteiger partial charge in [-0.05, 0) is 76.3 Å². The first kappa shape index (κ1) is 14.4. The normalized spacial score (nSPS) is 29.3. The maximum atomic E-state index is 2.68. The van der Waals surface area contributed by atoms with Crippen molar-refractivity contribution in [3.05, 3.63) is 0 Å². The lowest BCUT2D eigenvalue weighted by atomic mass is 9.63. The largest absolute Gasteiger partial charge is 0.301 e. The van der Waals surface area contributed by atoms with Crippen LogP contribution in [0.15, 0.2) is 0 Å². The standard InChI is InChI=1S/C17H33N/c1-14(2)12-16-6-5-7-17(13-16)8-10-18(11-9-17)15(3)4/h14-16H,5-13H2,1-4H3. The highest BCUT2D eigenvalue weighted by Gasteiger charge is 2.39. The third-order valence-electron chi connectivity index (χ3n) is 5.43. The molecule has 2 rings (SSSR count). The molecule has 0 aromatic carbocycles. The van der Waals surface area contributed by atoms with Crippen LogP contribution in [0.1, 0.15) is 72.6 Å². The van der Waals surface area contributed by atoms with Gasteiger partial charge in [0.1, 0.15) is 0 Å². The van der Waals surface area contributed by atoms with Crippen LogP contribution in [0.4, 0.5) is 0 Å². The highest BCUT2D eigenvalue weighted by atomic mass is 15.2. The van der Waals surface area contributed by atoms with E-state index in [9.17, 15) is 0 Å². The molecule has 0 amide bonds. The molecule has 0 aromatic heterocycles. The second-order valence-electron chi connectivity index (χ2n) is 7.72. The number of likely N-dealkylation sites (tertiary alicyclic amines) is 1. The van der Waals surface area contributed by atoms with Crippen molar-refractivity contribution >= 4 is 0 Å². The molecule has 0 N–H and O–H groups in total. The zero-order valence-corrected chi connectivity index (χ0v) is 13.0. The molecule has 1 nitrogen and oxygen atoms in total. The number of rotatable bonds is 3. The molecule has 1 aliphatic heterocycles. The fourth-order valence-corrected chi connectivity index (χ4v) is 4.42. The third kappa shape index (κ3) is 3.50. The Morgan fingerprint density at radius 3 is 2.28 bits per heavy atom. The van der Waals surface area contributed by atoms with Gasteiger partial charge in [-0.1, -0.05) is 26.7 Å². The van der Waals surface area contributed by atoms with Crippen LogP contribution in [0.3, 0.4) is 0 Å². The Hall–Kier alpha value is -0.0400. The zero-order valence-electron chi connectivity index (χ0n) is 13.0. The van der Waals surface area contributed by atoms with Crippen molar-refractivity contribution in [2.75, 3.05) is 13.1 Å². The molecule has 2 fully saturated rings. The Labute approximate surface area is 114 Å². The minimum Gasteiger partial charge on any atom is -0.301 e. The average Bonchev–Trinajstić information content (AvgIpc) is 2.28. The van der Waals surface area contributed by atoms with Crippen molar-refractivity contribution in [1.29, 1.82) is 0 Å². The molecule has 0 aromatic rings. The van der Waals surface area contributed by atoms with E-state index in [1.54, 1.807) is 0 Å². The molecule has 1 aliphatic carbocycles. The van der Waals surface area contributed by atoms with E-state index in [1.807, 2.05) is 0 Å². The van der Waals surface area contributed by atoms with Gasteiger partial charge in [-0.3, -0.25) is 0 Å². The van der Waals surface area contributed by atoms with E-state index in [1.165, 1.54) is 58.0 Å². The van der Waals surface area contributed by atoms with Crippen LogP contribution in [0.2, 0.25) is 0 Å². The lowest BCUT2D eigenvalue weighted by Gasteiger charge is -2.48. The van der Waals surface area contributed by atoms with Gasteiger partial charge >= 0.3 is 0 Å². The maximum absolute atomic E-state index is 2.68. The summed E-state index contributed by atoms with van der Waals surface area (Å²) in [5.74, 6) is 1.92. The van der Waals surface area contributed by atoms with Crippen molar-refractivity contribution in [1.82, 2.24) is 4.90 Å². The summed E-state index contributed by atoms with van der Waals surface area (Å²) in [6, 6.07) is 0.748. The molecule has 1 heterocycles. The Bertz CT molecular complexity index is 248. The van der Waals surface area contributed by atoms with E-state index in [2.05, 4.69) is 32.6 Å². The van der Waals surface area contributed by atoms with Crippen LogP contribution in [0, 0.1) is 17.3 Å². The molecular formula is C17H33N. The second-order valence-corrected chi connectivity index (χ2v) is 7.72. The Morgan fingerprint density at radius 1 is 1.06 bits per heavy atom.